The Morgan fingerprint density at radius 1 is 1.09 bits per heavy atom. The average Bonchev–Trinajstić information content (AvgIpc) is 2.55. The second-order valence-corrected chi connectivity index (χ2v) is 5.46. The Morgan fingerprint density at radius 2 is 1.82 bits per heavy atom. The third-order valence-corrected chi connectivity index (χ3v) is 3.91. The van der Waals surface area contributed by atoms with Crippen molar-refractivity contribution in [1.29, 1.82) is 0 Å². The molecule has 0 atom stereocenters. The first-order valence-electron chi connectivity index (χ1n) is 7.36. The summed E-state index contributed by atoms with van der Waals surface area (Å²) in [6.07, 6.45) is 2.37. The van der Waals surface area contributed by atoms with E-state index in [2.05, 4.69) is 4.98 Å². The van der Waals surface area contributed by atoms with Gasteiger partial charge >= 0.3 is 0 Å². The summed E-state index contributed by atoms with van der Waals surface area (Å²) in [4.78, 5) is 28.2. The van der Waals surface area contributed by atoms with Crippen LogP contribution in [0.15, 0.2) is 53.5 Å². The van der Waals surface area contributed by atoms with Crippen molar-refractivity contribution in [2.75, 3.05) is 0 Å². The first kappa shape index (κ1) is 14.3. The number of aromatic nitrogens is 1. The van der Waals surface area contributed by atoms with E-state index in [1.807, 2.05) is 44.2 Å². The summed E-state index contributed by atoms with van der Waals surface area (Å²) in [5, 5.41) is 0.567. The highest BCUT2D eigenvalue weighted by atomic mass is 16.1. The maximum Gasteiger partial charge on any atom is 0.200 e. The Balaban J connectivity index is 2.14. The highest BCUT2D eigenvalue weighted by molar-refractivity contribution is 6.10. The predicted molar refractivity (Wildman–Crippen MR) is 88.6 cm³/mol. The van der Waals surface area contributed by atoms with E-state index >= 15 is 0 Å². The molecule has 110 valence electrons. The monoisotopic (exact) mass is 291 g/mol. The van der Waals surface area contributed by atoms with Crippen molar-refractivity contribution in [3.8, 4) is 0 Å². The zero-order chi connectivity index (χ0) is 15.7. The van der Waals surface area contributed by atoms with E-state index in [1.54, 1.807) is 12.1 Å². The molecular formula is C19H17NO2. The van der Waals surface area contributed by atoms with Crippen molar-refractivity contribution in [3.05, 3.63) is 81.1 Å². The number of nitrogens with one attached hydrogen (secondary N) is 1. The zero-order valence-corrected chi connectivity index (χ0v) is 12.6. The van der Waals surface area contributed by atoms with E-state index in [0.29, 0.717) is 10.9 Å². The molecule has 0 spiro atoms. The third kappa shape index (κ3) is 2.46. The van der Waals surface area contributed by atoms with Crippen LogP contribution in [-0.2, 0) is 6.42 Å². The number of aromatic amines is 1. The van der Waals surface area contributed by atoms with E-state index in [9.17, 15) is 9.59 Å². The SMILES string of the molecule is CCc1ccc2[nH]cc(C(=O)c3ccc(C)cc3)c(=O)c2c1. The Hall–Kier alpha value is -2.68. The zero-order valence-electron chi connectivity index (χ0n) is 12.6. The highest BCUT2D eigenvalue weighted by Crippen LogP contribution is 2.14. The van der Waals surface area contributed by atoms with Crippen molar-refractivity contribution in [3.63, 3.8) is 0 Å². The van der Waals surface area contributed by atoms with Crippen LogP contribution in [0.4, 0.5) is 0 Å². The highest BCUT2D eigenvalue weighted by Gasteiger charge is 2.15. The third-order valence-electron chi connectivity index (χ3n) is 3.91. The number of rotatable bonds is 3. The van der Waals surface area contributed by atoms with Crippen molar-refractivity contribution in [2.45, 2.75) is 20.3 Å². The van der Waals surface area contributed by atoms with E-state index < -0.39 is 0 Å². The first-order chi connectivity index (χ1) is 10.6. The standard InChI is InChI=1S/C19H17NO2/c1-3-13-6-9-17-15(10-13)19(22)16(11-20-17)18(21)14-7-4-12(2)5-8-14/h4-11H,3H2,1-2H3,(H,20,22). The van der Waals surface area contributed by atoms with Gasteiger partial charge in [-0.15, -0.1) is 0 Å². The molecule has 22 heavy (non-hydrogen) atoms. The largest absolute Gasteiger partial charge is 0.360 e. The van der Waals surface area contributed by atoms with Gasteiger partial charge in [0.25, 0.3) is 0 Å². The van der Waals surface area contributed by atoms with Gasteiger partial charge in [0.15, 0.2) is 5.78 Å². The van der Waals surface area contributed by atoms with Gasteiger partial charge in [-0.05, 0) is 31.0 Å². The van der Waals surface area contributed by atoms with Gasteiger partial charge in [-0.2, -0.15) is 0 Å². The van der Waals surface area contributed by atoms with Crippen LogP contribution < -0.4 is 5.43 Å². The van der Waals surface area contributed by atoms with Crippen LogP contribution in [0.1, 0.15) is 34.0 Å². The summed E-state index contributed by atoms with van der Waals surface area (Å²) in [5.41, 5.74) is 3.42. The molecule has 0 amide bonds. The quantitative estimate of drug-likeness (QED) is 0.749. The Kier molecular flexibility index (Phi) is 3.63. The van der Waals surface area contributed by atoms with Crippen molar-refractivity contribution < 1.29 is 4.79 Å². The molecule has 0 unspecified atom stereocenters. The molecule has 0 aliphatic rings. The summed E-state index contributed by atoms with van der Waals surface area (Å²) in [6.45, 7) is 4.00. The van der Waals surface area contributed by atoms with Gasteiger partial charge < -0.3 is 4.98 Å². The molecule has 3 rings (SSSR count). The van der Waals surface area contributed by atoms with Gasteiger partial charge in [0.2, 0.25) is 5.43 Å². The molecule has 3 heteroatoms. The van der Waals surface area contributed by atoms with Gasteiger partial charge in [-0.3, -0.25) is 9.59 Å². The lowest BCUT2D eigenvalue weighted by Gasteiger charge is -2.05. The number of H-pyrrole nitrogens is 1. The number of ketones is 1. The topological polar surface area (TPSA) is 49.9 Å². The smallest absolute Gasteiger partial charge is 0.200 e. The predicted octanol–water partition coefficient (Wildman–Crippen LogP) is 3.63. The summed E-state index contributed by atoms with van der Waals surface area (Å²) in [5.74, 6) is -0.245. The van der Waals surface area contributed by atoms with E-state index in [4.69, 9.17) is 0 Å². The number of hydrogen-bond donors (Lipinski definition) is 1. The lowest BCUT2D eigenvalue weighted by molar-refractivity contribution is 0.103. The molecule has 0 saturated heterocycles. The number of pyridine rings is 1. The van der Waals surface area contributed by atoms with Gasteiger partial charge in [0.1, 0.15) is 0 Å². The fourth-order valence-electron chi connectivity index (χ4n) is 2.51. The first-order valence-corrected chi connectivity index (χ1v) is 7.36. The number of aryl methyl sites for hydroxylation is 2. The molecule has 0 bridgehead atoms. The van der Waals surface area contributed by atoms with E-state index in [0.717, 1.165) is 23.1 Å². The minimum atomic E-state index is -0.245. The number of benzene rings is 2. The van der Waals surface area contributed by atoms with Crippen molar-refractivity contribution >= 4 is 16.7 Å². The van der Waals surface area contributed by atoms with Crippen molar-refractivity contribution in [2.24, 2.45) is 0 Å². The minimum Gasteiger partial charge on any atom is -0.360 e. The normalized spacial score (nSPS) is 10.8. The average molecular weight is 291 g/mol. The summed E-state index contributed by atoms with van der Waals surface area (Å²) in [7, 11) is 0. The van der Waals surface area contributed by atoms with E-state index in [1.165, 1.54) is 6.20 Å². The Bertz CT molecular complexity index is 905. The molecule has 0 fully saturated rings. The van der Waals surface area contributed by atoms with Gasteiger partial charge in [-0.1, -0.05) is 42.8 Å². The van der Waals surface area contributed by atoms with Crippen molar-refractivity contribution in [1.82, 2.24) is 4.98 Å². The lowest BCUT2D eigenvalue weighted by Crippen LogP contribution is -2.16. The van der Waals surface area contributed by atoms with Crippen LogP contribution in [0.2, 0.25) is 0 Å². The minimum absolute atomic E-state index is 0.185. The second kappa shape index (κ2) is 5.60. The molecule has 0 aliphatic heterocycles. The van der Waals surface area contributed by atoms with Gasteiger partial charge in [0.05, 0.1) is 5.56 Å². The van der Waals surface area contributed by atoms with E-state index in [-0.39, 0.29) is 16.8 Å². The van der Waals surface area contributed by atoms with Crippen LogP contribution >= 0.6 is 0 Å². The maximum absolute atomic E-state index is 12.6. The maximum atomic E-state index is 12.6. The molecule has 3 aromatic rings. The molecule has 3 nitrogen and oxygen atoms in total. The molecule has 0 aliphatic carbocycles. The lowest BCUT2D eigenvalue weighted by atomic mass is 10.0. The fourth-order valence-corrected chi connectivity index (χ4v) is 2.51. The molecule has 1 N–H and O–H groups in total. The number of carbonyl (C=O) groups excluding carboxylic acids is 1. The molecule has 1 aromatic heterocycles. The number of hydrogen-bond acceptors (Lipinski definition) is 2. The fraction of sp³-hybridized carbons (Fsp3) is 0.158. The van der Waals surface area contributed by atoms with Crippen LogP contribution in [0, 0.1) is 6.92 Å². The second-order valence-electron chi connectivity index (χ2n) is 5.46. The molecule has 0 saturated carbocycles. The summed E-state index contributed by atoms with van der Waals surface area (Å²) in [6, 6.07) is 13.0. The number of fused-ring (bicyclic) bond motifs is 1. The summed E-state index contributed by atoms with van der Waals surface area (Å²) < 4.78 is 0. The van der Waals surface area contributed by atoms with Crippen LogP contribution in [0.3, 0.4) is 0 Å². The van der Waals surface area contributed by atoms with Gasteiger partial charge in [-0.25, -0.2) is 0 Å². The Morgan fingerprint density at radius 3 is 2.50 bits per heavy atom. The molecular weight excluding hydrogens is 274 g/mol. The molecule has 0 radical (unpaired) electrons. The summed E-state index contributed by atoms with van der Waals surface area (Å²) >= 11 is 0. The van der Waals surface area contributed by atoms with Crippen LogP contribution in [0.25, 0.3) is 10.9 Å². The Labute approximate surface area is 128 Å². The van der Waals surface area contributed by atoms with Gasteiger partial charge in [0, 0.05) is 22.7 Å². The van der Waals surface area contributed by atoms with Crippen LogP contribution in [0.5, 0.6) is 0 Å². The number of carbonyl (C=O) groups is 1. The van der Waals surface area contributed by atoms with Crippen LogP contribution in [-0.4, -0.2) is 10.8 Å². The molecule has 1 heterocycles. The molecule has 2 aromatic carbocycles.